The van der Waals surface area contributed by atoms with Crippen LogP contribution in [0.2, 0.25) is 5.15 Å². The van der Waals surface area contributed by atoms with E-state index in [1.54, 1.807) is 13.1 Å². The van der Waals surface area contributed by atoms with Gasteiger partial charge in [-0.3, -0.25) is 4.79 Å². The Morgan fingerprint density at radius 1 is 1.31 bits per heavy atom. The standard InChI is InChI=1S/C19H18ClN3O2S/c1-12-17(13(2)25)26-19(23(12)10-11-24)22-15-7-5-14(6-8-15)16-4-3-9-21-18(16)20/h3-9,24H,10-11H2,1-2H3/b22-19-. The average Bonchev–Trinajstić information content (AvgIpc) is 2.93. The molecule has 134 valence electrons. The molecule has 0 radical (unpaired) electrons. The van der Waals surface area contributed by atoms with Gasteiger partial charge in [-0.1, -0.05) is 35.1 Å². The van der Waals surface area contributed by atoms with E-state index in [4.69, 9.17) is 11.6 Å². The highest BCUT2D eigenvalue weighted by atomic mass is 35.5. The molecular formula is C19H18ClN3O2S. The van der Waals surface area contributed by atoms with Gasteiger partial charge in [0.15, 0.2) is 10.6 Å². The van der Waals surface area contributed by atoms with Crippen molar-refractivity contribution in [2.24, 2.45) is 4.99 Å². The number of aliphatic hydroxyl groups excluding tert-OH is 1. The number of rotatable bonds is 5. The largest absolute Gasteiger partial charge is 0.395 e. The van der Waals surface area contributed by atoms with Gasteiger partial charge in [0.05, 0.1) is 17.2 Å². The lowest BCUT2D eigenvalue weighted by molar-refractivity contribution is 0.102. The van der Waals surface area contributed by atoms with Crippen molar-refractivity contribution < 1.29 is 9.90 Å². The predicted octanol–water partition coefficient (Wildman–Crippen LogP) is 4.00. The first-order valence-corrected chi connectivity index (χ1v) is 9.28. The molecular weight excluding hydrogens is 370 g/mol. The second-order valence-electron chi connectivity index (χ2n) is 5.73. The van der Waals surface area contributed by atoms with Gasteiger partial charge in [-0.05, 0) is 36.8 Å². The molecule has 2 heterocycles. The van der Waals surface area contributed by atoms with E-state index < -0.39 is 0 Å². The van der Waals surface area contributed by atoms with Gasteiger partial charge >= 0.3 is 0 Å². The summed E-state index contributed by atoms with van der Waals surface area (Å²) in [4.78, 5) is 21.9. The smallest absolute Gasteiger partial charge is 0.190 e. The van der Waals surface area contributed by atoms with E-state index in [1.807, 2.05) is 47.9 Å². The first-order chi connectivity index (χ1) is 12.5. The highest BCUT2D eigenvalue weighted by Crippen LogP contribution is 2.27. The number of carbonyl (C=O) groups excluding carboxylic acids is 1. The molecule has 0 bridgehead atoms. The lowest BCUT2D eigenvalue weighted by atomic mass is 10.1. The molecule has 0 saturated carbocycles. The van der Waals surface area contributed by atoms with Crippen molar-refractivity contribution in [2.75, 3.05) is 6.61 Å². The summed E-state index contributed by atoms with van der Waals surface area (Å²) < 4.78 is 1.87. The molecule has 0 unspecified atom stereocenters. The van der Waals surface area contributed by atoms with Gasteiger partial charge in [-0.15, -0.1) is 0 Å². The minimum absolute atomic E-state index is 0.00204. The Bertz CT molecular complexity index is 1010. The normalized spacial score (nSPS) is 11.8. The summed E-state index contributed by atoms with van der Waals surface area (Å²) in [5, 5.41) is 9.77. The van der Waals surface area contributed by atoms with Gasteiger partial charge < -0.3 is 9.67 Å². The summed E-state index contributed by atoms with van der Waals surface area (Å²) in [5.41, 5.74) is 3.41. The number of pyridine rings is 1. The summed E-state index contributed by atoms with van der Waals surface area (Å²) in [5.74, 6) is 0.00204. The van der Waals surface area contributed by atoms with E-state index >= 15 is 0 Å². The number of hydrogen-bond acceptors (Lipinski definition) is 5. The van der Waals surface area contributed by atoms with Crippen LogP contribution in [0, 0.1) is 6.92 Å². The Kier molecular flexibility index (Phi) is 5.66. The molecule has 1 aromatic carbocycles. The number of halogens is 1. The molecule has 0 saturated heterocycles. The van der Waals surface area contributed by atoms with Crippen LogP contribution in [0.25, 0.3) is 11.1 Å². The molecule has 3 rings (SSSR count). The molecule has 0 fully saturated rings. The van der Waals surface area contributed by atoms with Crippen LogP contribution in [0.1, 0.15) is 22.3 Å². The Hall–Kier alpha value is -2.28. The summed E-state index contributed by atoms with van der Waals surface area (Å²) in [7, 11) is 0. The molecule has 7 heteroatoms. The first kappa shape index (κ1) is 18.5. The van der Waals surface area contributed by atoms with Gasteiger partial charge in [0.1, 0.15) is 5.15 Å². The maximum atomic E-state index is 11.8. The highest BCUT2D eigenvalue weighted by Gasteiger charge is 2.13. The topological polar surface area (TPSA) is 67.5 Å². The molecule has 0 aliphatic heterocycles. The molecule has 0 aliphatic rings. The summed E-state index contributed by atoms with van der Waals surface area (Å²) in [6.45, 7) is 3.80. The zero-order valence-electron chi connectivity index (χ0n) is 14.4. The van der Waals surface area contributed by atoms with Crippen molar-refractivity contribution >= 4 is 34.4 Å². The third kappa shape index (κ3) is 3.77. The van der Waals surface area contributed by atoms with Crippen molar-refractivity contribution in [1.82, 2.24) is 9.55 Å². The lowest BCUT2D eigenvalue weighted by Gasteiger charge is -2.05. The van der Waals surface area contributed by atoms with Crippen LogP contribution in [0.4, 0.5) is 5.69 Å². The number of aromatic nitrogens is 2. The second kappa shape index (κ2) is 7.95. The molecule has 0 aliphatic carbocycles. The van der Waals surface area contributed by atoms with Crippen molar-refractivity contribution in [3.05, 3.63) is 63.1 Å². The van der Waals surface area contributed by atoms with Crippen LogP contribution in [-0.2, 0) is 6.54 Å². The van der Waals surface area contributed by atoms with Crippen LogP contribution in [0.3, 0.4) is 0 Å². The molecule has 0 spiro atoms. The molecule has 1 N–H and O–H groups in total. The van der Waals surface area contributed by atoms with Crippen LogP contribution >= 0.6 is 22.9 Å². The average molecular weight is 388 g/mol. The van der Waals surface area contributed by atoms with Gasteiger partial charge in [-0.2, -0.15) is 0 Å². The zero-order chi connectivity index (χ0) is 18.7. The Morgan fingerprint density at radius 2 is 2.04 bits per heavy atom. The van der Waals surface area contributed by atoms with Crippen molar-refractivity contribution in [3.63, 3.8) is 0 Å². The van der Waals surface area contributed by atoms with E-state index in [2.05, 4.69) is 9.98 Å². The van der Waals surface area contributed by atoms with E-state index in [1.165, 1.54) is 11.3 Å². The Labute approximate surface area is 160 Å². The van der Waals surface area contributed by atoms with Crippen LogP contribution in [-0.4, -0.2) is 27.0 Å². The van der Waals surface area contributed by atoms with E-state index in [0.717, 1.165) is 22.5 Å². The maximum Gasteiger partial charge on any atom is 0.190 e. The molecule has 26 heavy (non-hydrogen) atoms. The fourth-order valence-corrected chi connectivity index (χ4v) is 3.99. The quantitative estimate of drug-likeness (QED) is 0.531. The summed E-state index contributed by atoms with van der Waals surface area (Å²) in [6.07, 6.45) is 1.65. The fourth-order valence-electron chi connectivity index (χ4n) is 2.69. The predicted molar refractivity (Wildman–Crippen MR) is 104 cm³/mol. The Morgan fingerprint density at radius 3 is 2.65 bits per heavy atom. The highest BCUT2D eigenvalue weighted by molar-refractivity contribution is 7.11. The van der Waals surface area contributed by atoms with E-state index in [0.29, 0.717) is 21.4 Å². The third-order valence-corrected chi connectivity index (χ3v) is 5.55. The van der Waals surface area contributed by atoms with Crippen molar-refractivity contribution in [2.45, 2.75) is 20.4 Å². The van der Waals surface area contributed by atoms with Crippen molar-refractivity contribution in [3.8, 4) is 11.1 Å². The molecule has 0 amide bonds. The molecule has 0 atom stereocenters. The minimum Gasteiger partial charge on any atom is -0.395 e. The van der Waals surface area contributed by atoms with Gasteiger partial charge in [0.2, 0.25) is 0 Å². The number of Topliss-reactive ketones (excluding diaryl/α,β-unsaturated/α-hetero) is 1. The Balaban J connectivity index is 2.02. The zero-order valence-corrected chi connectivity index (χ0v) is 16.0. The second-order valence-corrected chi connectivity index (χ2v) is 7.07. The molecule has 3 aromatic rings. The van der Waals surface area contributed by atoms with Crippen LogP contribution in [0.5, 0.6) is 0 Å². The monoisotopic (exact) mass is 387 g/mol. The fraction of sp³-hybridized carbons (Fsp3) is 0.211. The van der Waals surface area contributed by atoms with Crippen LogP contribution < -0.4 is 4.80 Å². The summed E-state index contributed by atoms with van der Waals surface area (Å²) in [6, 6.07) is 11.4. The maximum absolute atomic E-state index is 11.8. The number of hydrogen-bond donors (Lipinski definition) is 1. The number of ketones is 1. The summed E-state index contributed by atoms with van der Waals surface area (Å²) >= 11 is 7.48. The number of benzene rings is 1. The lowest BCUT2D eigenvalue weighted by Crippen LogP contribution is -2.18. The number of nitrogens with zero attached hydrogens (tertiary/aromatic N) is 3. The number of carbonyl (C=O) groups is 1. The molecule has 2 aromatic heterocycles. The minimum atomic E-state index is -0.0133. The molecule has 5 nitrogen and oxygen atoms in total. The SMILES string of the molecule is CC(=O)c1s/c(=N\c2ccc(-c3cccnc3Cl)cc2)n(CCO)c1C. The van der Waals surface area contributed by atoms with E-state index in [9.17, 15) is 9.90 Å². The van der Waals surface area contributed by atoms with Gasteiger partial charge in [0, 0.05) is 30.9 Å². The first-order valence-electron chi connectivity index (χ1n) is 8.09. The van der Waals surface area contributed by atoms with Crippen LogP contribution in [0.15, 0.2) is 47.6 Å². The van der Waals surface area contributed by atoms with Crippen molar-refractivity contribution in [1.29, 1.82) is 0 Å². The van der Waals surface area contributed by atoms with Gasteiger partial charge in [0.25, 0.3) is 0 Å². The number of aliphatic hydroxyl groups is 1. The van der Waals surface area contributed by atoms with E-state index in [-0.39, 0.29) is 12.4 Å². The number of thiazole rings is 1. The van der Waals surface area contributed by atoms with Gasteiger partial charge in [-0.25, -0.2) is 9.98 Å². The third-order valence-electron chi connectivity index (χ3n) is 3.96.